The maximum atomic E-state index is 11.8. The van der Waals surface area contributed by atoms with Crippen LogP contribution in [-0.2, 0) is 9.63 Å². The van der Waals surface area contributed by atoms with E-state index in [-0.39, 0.29) is 5.69 Å². The lowest BCUT2D eigenvalue weighted by atomic mass is 10.0. The van der Waals surface area contributed by atoms with Crippen LogP contribution in [0.25, 0.3) is 0 Å². The normalized spacial score (nSPS) is 15.8. The van der Waals surface area contributed by atoms with E-state index < -0.39 is 10.9 Å². The fraction of sp³-hybridized carbons (Fsp3) is 0.286. The average molecular weight is 289 g/mol. The Morgan fingerprint density at radius 1 is 1.29 bits per heavy atom. The van der Waals surface area contributed by atoms with Gasteiger partial charge in [-0.1, -0.05) is 5.16 Å². The van der Waals surface area contributed by atoms with Gasteiger partial charge < -0.3 is 9.74 Å². The van der Waals surface area contributed by atoms with Crippen LogP contribution in [0.3, 0.4) is 0 Å². The van der Waals surface area contributed by atoms with Gasteiger partial charge in [0.15, 0.2) is 0 Å². The number of carbonyl (C=O) groups excluding carboxylic acids is 1. The van der Waals surface area contributed by atoms with Crippen LogP contribution in [0, 0.1) is 10.1 Å². The van der Waals surface area contributed by atoms with E-state index >= 15 is 0 Å². The molecule has 2 rings (SSSR count). The fourth-order valence-electron chi connectivity index (χ4n) is 1.93. The van der Waals surface area contributed by atoms with Crippen LogP contribution in [0.1, 0.15) is 19.4 Å². The molecule has 21 heavy (non-hydrogen) atoms. The Kier molecular flexibility index (Phi) is 4.32. The zero-order chi connectivity index (χ0) is 15.4. The summed E-state index contributed by atoms with van der Waals surface area (Å²) in [5.74, 6) is -0.518. The van der Waals surface area contributed by atoms with Crippen LogP contribution >= 0.6 is 0 Å². The molecule has 0 fully saturated rings. The second-order valence-electron chi connectivity index (χ2n) is 4.39. The van der Waals surface area contributed by atoms with Crippen molar-refractivity contribution in [2.24, 2.45) is 5.16 Å². The van der Waals surface area contributed by atoms with E-state index in [0.29, 0.717) is 16.8 Å². The zero-order valence-electron chi connectivity index (χ0n) is 11.8. The Labute approximate surface area is 121 Å². The van der Waals surface area contributed by atoms with Crippen molar-refractivity contribution < 1.29 is 14.6 Å². The molecular weight excluding hydrogens is 274 g/mol. The number of nitro benzene ring substituents is 1. The second-order valence-corrected chi connectivity index (χ2v) is 4.39. The summed E-state index contributed by atoms with van der Waals surface area (Å²) in [6.07, 6.45) is 1.70. The predicted octanol–water partition coefficient (Wildman–Crippen LogP) is 2.08. The number of carbonyl (C=O) groups is 1. The number of non-ortho nitro benzene ring substituents is 1. The SMILES string of the molecule is CCN(C=C1C(=O)ON=C1c1ccc([N+](=O)[O-])cc1)CC. The molecule has 0 saturated carbocycles. The molecule has 0 spiro atoms. The van der Waals surface area contributed by atoms with Gasteiger partial charge in [0, 0.05) is 37.0 Å². The summed E-state index contributed by atoms with van der Waals surface area (Å²) in [4.78, 5) is 28.6. The number of benzene rings is 1. The minimum atomic E-state index is -0.518. The van der Waals surface area contributed by atoms with Crippen LogP contribution in [0.4, 0.5) is 5.69 Å². The van der Waals surface area contributed by atoms with Crippen molar-refractivity contribution in [1.29, 1.82) is 0 Å². The molecule has 0 aromatic heterocycles. The molecule has 0 radical (unpaired) electrons. The molecule has 0 atom stereocenters. The quantitative estimate of drug-likeness (QED) is 0.358. The first-order valence-corrected chi connectivity index (χ1v) is 6.57. The molecule has 110 valence electrons. The van der Waals surface area contributed by atoms with Crippen molar-refractivity contribution in [2.45, 2.75) is 13.8 Å². The maximum absolute atomic E-state index is 11.8. The van der Waals surface area contributed by atoms with Crippen molar-refractivity contribution in [3.05, 3.63) is 51.7 Å². The molecule has 1 aromatic carbocycles. The average Bonchev–Trinajstić information content (AvgIpc) is 2.85. The van der Waals surface area contributed by atoms with Gasteiger partial charge in [0.2, 0.25) is 0 Å². The Bertz CT molecular complexity index is 616. The fourth-order valence-corrected chi connectivity index (χ4v) is 1.93. The molecule has 0 N–H and O–H groups in total. The van der Waals surface area contributed by atoms with Gasteiger partial charge in [0.1, 0.15) is 11.3 Å². The van der Waals surface area contributed by atoms with Crippen molar-refractivity contribution in [2.75, 3.05) is 13.1 Å². The highest BCUT2D eigenvalue weighted by atomic mass is 16.7. The minimum Gasteiger partial charge on any atom is -0.377 e. The molecule has 0 amide bonds. The lowest BCUT2D eigenvalue weighted by molar-refractivity contribution is -0.384. The van der Waals surface area contributed by atoms with E-state index in [1.54, 1.807) is 18.3 Å². The second kappa shape index (κ2) is 6.17. The number of oxime groups is 1. The topological polar surface area (TPSA) is 85.0 Å². The molecular formula is C14H15N3O4. The highest BCUT2D eigenvalue weighted by Gasteiger charge is 2.27. The minimum absolute atomic E-state index is 0.0149. The van der Waals surface area contributed by atoms with Gasteiger partial charge in [-0.15, -0.1) is 0 Å². The van der Waals surface area contributed by atoms with Gasteiger partial charge >= 0.3 is 5.97 Å². The number of hydrogen-bond donors (Lipinski definition) is 0. The summed E-state index contributed by atoms with van der Waals surface area (Å²) in [5.41, 5.74) is 1.33. The first-order chi connectivity index (χ1) is 10.1. The van der Waals surface area contributed by atoms with E-state index in [1.807, 2.05) is 18.7 Å². The molecule has 0 unspecified atom stereocenters. The molecule has 7 heteroatoms. The molecule has 1 aliphatic heterocycles. The summed E-state index contributed by atoms with van der Waals surface area (Å²) in [7, 11) is 0. The first kappa shape index (κ1) is 14.7. The van der Waals surface area contributed by atoms with Crippen molar-refractivity contribution in [3.8, 4) is 0 Å². The largest absolute Gasteiger partial charge is 0.377 e. The lowest BCUT2D eigenvalue weighted by Crippen LogP contribution is -2.19. The van der Waals surface area contributed by atoms with E-state index in [4.69, 9.17) is 4.84 Å². The zero-order valence-corrected chi connectivity index (χ0v) is 11.8. The molecule has 0 bridgehead atoms. The van der Waals surface area contributed by atoms with Crippen LogP contribution in [0.5, 0.6) is 0 Å². The van der Waals surface area contributed by atoms with E-state index in [1.165, 1.54) is 12.1 Å². The molecule has 1 heterocycles. The summed E-state index contributed by atoms with van der Waals surface area (Å²) in [6, 6.07) is 5.84. The number of nitrogens with zero attached hydrogens (tertiary/aromatic N) is 3. The van der Waals surface area contributed by atoms with Crippen LogP contribution < -0.4 is 0 Å². The van der Waals surface area contributed by atoms with Gasteiger partial charge in [-0.25, -0.2) is 4.79 Å². The molecule has 1 aliphatic rings. The van der Waals surface area contributed by atoms with E-state index in [0.717, 1.165) is 13.1 Å². The summed E-state index contributed by atoms with van der Waals surface area (Å²) in [6.45, 7) is 5.45. The van der Waals surface area contributed by atoms with Crippen LogP contribution in [0.2, 0.25) is 0 Å². The van der Waals surface area contributed by atoms with Gasteiger partial charge in [-0.2, -0.15) is 0 Å². The lowest BCUT2D eigenvalue weighted by Gasteiger charge is -2.15. The number of rotatable bonds is 5. The standard InChI is InChI=1S/C14H15N3O4/c1-3-16(4-2)9-12-13(15-21-14(12)18)10-5-7-11(8-6-10)17(19)20/h5-9H,3-4H2,1-2H3. The molecule has 1 aromatic rings. The van der Waals surface area contributed by atoms with Crippen LogP contribution in [0.15, 0.2) is 41.2 Å². The Morgan fingerprint density at radius 3 is 2.43 bits per heavy atom. The first-order valence-electron chi connectivity index (χ1n) is 6.57. The van der Waals surface area contributed by atoms with Gasteiger partial charge in [0.05, 0.1) is 4.92 Å². The summed E-state index contributed by atoms with van der Waals surface area (Å²) < 4.78 is 0. The van der Waals surface area contributed by atoms with Crippen molar-refractivity contribution in [1.82, 2.24) is 4.90 Å². The molecule has 0 aliphatic carbocycles. The maximum Gasteiger partial charge on any atom is 0.369 e. The Hall–Kier alpha value is -2.70. The Morgan fingerprint density at radius 2 is 1.90 bits per heavy atom. The van der Waals surface area contributed by atoms with Crippen LogP contribution in [-0.4, -0.2) is 34.6 Å². The van der Waals surface area contributed by atoms with E-state index in [2.05, 4.69) is 5.16 Å². The predicted molar refractivity (Wildman–Crippen MR) is 76.7 cm³/mol. The van der Waals surface area contributed by atoms with Crippen molar-refractivity contribution >= 4 is 17.4 Å². The third-order valence-corrected chi connectivity index (χ3v) is 3.17. The van der Waals surface area contributed by atoms with Gasteiger partial charge in [-0.3, -0.25) is 10.1 Å². The number of hydrogen-bond acceptors (Lipinski definition) is 6. The Balaban J connectivity index is 2.33. The van der Waals surface area contributed by atoms with Crippen molar-refractivity contribution in [3.63, 3.8) is 0 Å². The van der Waals surface area contributed by atoms with Gasteiger partial charge in [-0.05, 0) is 26.0 Å². The molecule has 0 saturated heterocycles. The highest BCUT2D eigenvalue weighted by Crippen LogP contribution is 2.21. The van der Waals surface area contributed by atoms with E-state index in [9.17, 15) is 14.9 Å². The number of nitro groups is 1. The summed E-state index contributed by atoms with van der Waals surface area (Å²) >= 11 is 0. The third-order valence-electron chi connectivity index (χ3n) is 3.17. The smallest absolute Gasteiger partial charge is 0.369 e. The highest BCUT2D eigenvalue weighted by molar-refractivity contribution is 6.28. The third kappa shape index (κ3) is 3.07. The van der Waals surface area contributed by atoms with Gasteiger partial charge in [0.25, 0.3) is 5.69 Å². The molecule has 7 nitrogen and oxygen atoms in total. The summed E-state index contributed by atoms with van der Waals surface area (Å²) in [5, 5.41) is 14.4. The monoisotopic (exact) mass is 289 g/mol.